The summed E-state index contributed by atoms with van der Waals surface area (Å²) >= 11 is 0. The van der Waals surface area contributed by atoms with Crippen LogP contribution in [0.5, 0.6) is 0 Å². The maximum Gasteiger partial charge on any atom is 0.349 e. The zero-order chi connectivity index (χ0) is 14.8. The van der Waals surface area contributed by atoms with Gasteiger partial charge in [-0.25, -0.2) is 4.79 Å². The van der Waals surface area contributed by atoms with Crippen LogP contribution in [0.15, 0.2) is 22.9 Å². The molecular weight excluding hydrogens is 256 g/mol. The number of rotatable bonds is 7. The Hall–Kier alpha value is -1.80. The van der Waals surface area contributed by atoms with E-state index >= 15 is 0 Å². The highest BCUT2D eigenvalue weighted by Gasteiger charge is 2.18. The molecule has 20 heavy (non-hydrogen) atoms. The van der Waals surface area contributed by atoms with Crippen molar-refractivity contribution in [3.05, 3.63) is 22.9 Å². The quantitative estimate of drug-likeness (QED) is 0.321. The number of hydrogen-bond acceptors (Lipinski definition) is 5. The van der Waals surface area contributed by atoms with E-state index in [1.54, 1.807) is 0 Å². The third-order valence-electron chi connectivity index (χ3n) is 3.00. The Balaban J connectivity index is 2.78. The van der Waals surface area contributed by atoms with Gasteiger partial charge in [-0.1, -0.05) is 6.92 Å². The summed E-state index contributed by atoms with van der Waals surface area (Å²) in [7, 11) is 0. The maximum atomic E-state index is 11.8. The Kier molecular flexibility index (Phi) is 7.44. The van der Waals surface area contributed by atoms with E-state index in [-0.39, 0.29) is 12.2 Å². The van der Waals surface area contributed by atoms with Crippen LogP contribution in [0, 0.1) is 11.3 Å². The zero-order valence-electron chi connectivity index (χ0n) is 11.9. The minimum absolute atomic E-state index is 0.111. The predicted octanol–water partition coefficient (Wildman–Crippen LogP) is 1.80. The Morgan fingerprint density at radius 2 is 2.35 bits per heavy atom. The number of hydrogen-bond donors (Lipinski definition) is 2. The summed E-state index contributed by atoms with van der Waals surface area (Å²) in [5.74, 6) is -0.530. The average Bonchev–Trinajstić information content (AvgIpc) is 2.46. The molecule has 5 heteroatoms. The van der Waals surface area contributed by atoms with Crippen molar-refractivity contribution < 1.29 is 14.6 Å². The van der Waals surface area contributed by atoms with Gasteiger partial charge in [0.05, 0.1) is 6.61 Å². The summed E-state index contributed by atoms with van der Waals surface area (Å²) in [6, 6.07) is 1.96. The van der Waals surface area contributed by atoms with Crippen molar-refractivity contribution in [1.29, 1.82) is 5.26 Å². The highest BCUT2D eigenvalue weighted by Crippen LogP contribution is 2.24. The first-order valence-corrected chi connectivity index (χ1v) is 7.08. The fourth-order valence-electron chi connectivity index (χ4n) is 2.00. The first kappa shape index (κ1) is 16.3. The first-order valence-electron chi connectivity index (χ1n) is 7.08. The Morgan fingerprint density at radius 3 is 3.00 bits per heavy atom. The molecule has 1 aliphatic carbocycles. The molecule has 5 nitrogen and oxygen atoms in total. The van der Waals surface area contributed by atoms with Gasteiger partial charge in [-0.05, 0) is 43.8 Å². The van der Waals surface area contributed by atoms with Crippen molar-refractivity contribution in [2.24, 2.45) is 0 Å². The number of nitriles is 1. The van der Waals surface area contributed by atoms with E-state index in [1.807, 2.05) is 19.1 Å². The van der Waals surface area contributed by atoms with Crippen LogP contribution in [-0.4, -0.2) is 30.8 Å². The number of aliphatic hydroxyl groups excluding tert-OH is 1. The molecule has 0 saturated heterocycles. The van der Waals surface area contributed by atoms with Crippen molar-refractivity contribution in [3.63, 3.8) is 0 Å². The van der Waals surface area contributed by atoms with Crippen molar-refractivity contribution in [2.75, 3.05) is 19.8 Å². The van der Waals surface area contributed by atoms with E-state index in [2.05, 4.69) is 5.32 Å². The fraction of sp³-hybridized carbons (Fsp3) is 0.600. The lowest BCUT2D eigenvalue weighted by Crippen LogP contribution is -2.19. The topological polar surface area (TPSA) is 82.4 Å². The highest BCUT2D eigenvalue weighted by molar-refractivity contribution is 5.94. The predicted molar refractivity (Wildman–Crippen MR) is 75.5 cm³/mol. The van der Waals surface area contributed by atoms with Crippen LogP contribution in [0.25, 0.3) is 0 Å². The van der Waals surface area contributed by atoms with Gasteiger partial charge < -0.3 is 15.2 Å². The second-order valence-electron chi connectivity index (χ2n) is 4.68. The SMILES string of the molecule is CCCOC(=O)/C(C#N)=C1\C=C(NCCCO)CCC1. The Bertz CT molecular complexity index is 433. The normalized spacial score (nSPS) is 16.9. The van der Waals surface area contributed by atoms with Crippen LogP contribution >= 0.6 is 0 Å². The van der Waals surface area contributed by atoms with Crippen LogP contribution in [0.1, 0.15) is 39.0 Å². The van der Waals surface area contributed by atoms with E-state index in [9.17, 15) is 4.79 Å². The number of ether oxygens (including phenoxy) is 1. The minimum Gasteiger partial charge on any atom is -0.462 e. The Morgan fingerprint density at radius 1 is 1.55 bits per heavy atom. The number of nitrogens with zero attached hydrogens (tertiary/aromatic N) is 1. The number of carbonyl (C=O) groups excluding carboxylic acids is 1. The summed E-state index contributed by atoms with van der Waals surface area (Å²) in [5.41, 5.74) is 1.86. The summed E-state index contributed by atoms with van der Waals surface area (Å²) in [6.07, 6.45) is 5.81. The molecule has 2 N–H and O–H groups in total. The average molecular weight is 278 g/mol. The van der Waals surface area contributed by atoms with Crippen molar-refractivity contribution >= 4 is 5.97 Å². The zero-order valence-corrected chi connectivity index (χ0v) is 11.9. The van der Waals surface area contributed by atoms with Crippen molar-refractivity contribution in [3.8, 4) is 6.07 Å². The van der Waals surface area contributed by atoms with Gasteiger partial charge in [0.2, 0.25) is 0 Å². The summed E-state index contributed by atoms with van der Waals surface area (Å²) in [4.78, 5) is 11.8. The summed E-state index contributed by atoms with van der Waals surface area (Å²) in [6.45, 7) is 3.09. The number of carbonyl (C=O) groups is 1. The number of nitrogens with one attached hydrogen (secondary N) is 1. The molecule has 1 aliphatic rings. The Labute approximate surface area is 119 Å². The third-order valence-corrected chi connectivity index (χ3v) is 3.00. The smallest absolute Gasteiger partial charge is 0.349 e. The molecule has 1 rings (SSSR count). The standard InChI is InChI=1S/C15H22N2O3/c1-2-9-20-15(19)14(11-16)12-5-3-6-13(10-12)17-7-4-8-18/h10,17-18H,2-9H2,1H3/b14-12-. The van der Waals surface area contributed by atoms with Crippen LogP contribution in [0.2, 0.25) is 0 Å². The van der Waals surface area contributed by atoms with Gasteiger partial charge in [-0.15, -0.1) is 0 Å². The van der Waals surface area contributed by atoms with E-state index in [0.717, 1.165) is 37.0 Å². The molecule has 0 aromatic carbocycles. The van der Waals surface area contributed by atoms with Gasteiger partial charge in [0.15, 0.2) is 0 Å². The largest absolute Gasteiger partial charge is 0.462 e. The summed E-state index contributed by atoms with van der Waals surface area (Å²) in [5, 5.41) is 21.1. The number of aliphatic hydroxyl groups is 1. The van der Waals surface area contributed by atoms with Crippen molar-refractivity contribution in [1.82, 2.24) is 5.32 Å². The highest BCUT2D eigenvalue weighted by atomic mass is 16.5. The van der Waals surface area contributed by atoms with E-state index in [1.165, 1.54) is 0 Å². The van der Waals surface area contributed by atoms with Gasteiger partial charge in [0.1, 0.15) is 11.6 Å². The van der Waals surface area contributed by atoms with Crippen LogP contribution in [-0.2, 0) is 9.53 Å². The second kappa shape index (κ2) is 9.16. The van der Waals surface area contributed by atoms with E-state index < -0.39 is 5.97 Å². The molecule has 0 heterocycles. The molecule has 0 radical (unpaired) electrons. The fourth-order valence-corrected chi connectivity index (χ4v) is 2.00. The molecule has 0 bridgehead atoms. The van der Waals surface area contributed by atoms with Crippen LogP contribution in [0.4, 0.5) is 0 Å². The van der Waals surface area contributed by atoms with E-state index in [0.29, 0.717) is 19.6 Å². The molecule has 0 aromatic heterocycles. The molecule has 0 amide bonds. The van der Waals surface area contributed by atoms with Crippen LogP contribution < -0.4 is 5.32 Å². The van der Waals surface area contributed by atoms with Gasteiger partial charge in [-0.3, -0.25) is 0 Å². The molecule has 0 aromatic rings. The van der Waals surface area contributed by atoms with Gasteiger partial charge in [0.25, 0.3) is 0 Å². The van der Waals surface area contributed by atoms with Crippen molar-refractivity contribution in [2.45, 2.75) is 39.0 Å². The third kappa shape index (κ3) is 5.06. The van der Waals surface area contributed by atoms with Gasteiger partial charge >= 0.3 is 5.97 Å². The molecule has 0 fully saturated rings. The number of esters is 1. The minimum atomic E-state index is -0.530. The van der Waals surface area contributed by atoms with Gasteiger partial charge in [0, 0.05) is 18.8 Å². The van der Waals surface area contributed by atoms with Crippen LogP contribution in [0.3, 0.4) is 0 Å². The monoisotopic (exact) mass is 278 g/mol. The number of allylic oxidation sites excluding steroid dienone is 3. The lowest BCUT2D eigenvalue weighted by Gasteiger charge is -2.17. The second-order valence-corrected chi connectivity index (χ2v) is 4.68. The maximum absolute atomic E-state index is 11.8. The first-order chi connectivity index (χ1) is 9.72. The molecule has 0 unspecified atom stereocenters. The molecule has 0 spiro atoms. The lowest BCUT2D eigenvalue weighted by molar-refractivity contribution is -0.138. The summed E-state index contributed by atoms with van der Waals surface area (Å²) < 4.78 is 5.03. The van der Waals surface area contributed by atoms with E-state index in [4.69, 9.17) is 15.1 Å². The molecule has 0 atom stereocenters. The lowest BCUT2D eigenvalue weighted by atomic mass is 9.95. The molecular formula is C15H22N2O3. The molecule has 0 saturated carbocycles. The molecule has 110 valence electrons. The molecule has 0 aliphatic heterocycles. The van der Waals surface area contributed by atoms with Gasteiger partial charge in [-0.2, -0.15) is 5.26 Å².